The van der Waals surface area contributed by atoms with Crippen LogP contribution in [-0.4, -0.2) is 13.7 Å². The summed E-state index contributed by atoms with van der Waals surface area (Å²) in [6.07, 6.45) is 1.00. The Morgan fingerprint density at radius 1 is 1.11 bits per heavy atom. The zero-order valence-corrected chi connectivity index (χ0v) is 13.6. The van der Waals surface area contributed by atoms with Crippen LogP contribution in [-0.2, 0) is 11.8 Å². The third-order valence-corrected chi connectivity index (χ3v) is 3.69. The summed E-state index contributed by atoms with van der Waals surface area (Å²) in [5.74, 6) is 0.985. The molecule has 1 aromatic carbocycles. The van der Waals surface area contributed by atoms with Gasteiger partial charge in [-0.3, -0.25) is 0 Å². The molecule has 0 aliphatic heterocycles. The van der Waals surface area contributed by atoms with Crippen molar-refractivity contribution in [3.8, 4) is 5.75 Å². The van der Waals surface area contributed by atoms with Crippen LogP contribution in [0, 0.1) is 12.3 Å². The summed E-state index contributed by atoms with van der Waals surface area (Å²) in [6.45, 7) is 13.9. The molecule has 0 atom stereocenters. The van der Waals surface area contributed by atoms with Gasteiger partial charge in [-0.05, 0) is 53.5 Å². The number of benzene rings is 1. The maximum absolute atomic E-state index is 5.86. The Bertz CT molecular complexity index is 441. The molecular formula is C17H29NO. The number of aryl methyl sites for hydroxylation is 1. The van der Waals surface area contributed by atoms with Gasteiger partial charge >= 0.3 is 0 Å². The first-order valence-electron chi connectivity index (χ1n) is 6.99. The lowest BCUT2D eigenvalue weighted by atomic mass is 9.80. The van der Waals surface area contributed by atoms with Gasteiger partial charge in [0.2, 0.25) is 0 Å². The highest BCUT2D eigenvalue weighted by atomic mass is 16.5. The molecule has 0 aromatic heterocycles. The Balaban J connectivity index is 3.28. The molecule has 1 rings (SSSR count). The predicted molar refractivity (Wildman–Crippen MR) is 83.0 cm³/mol. The molecule has 108 valence electrons. The van der Waals surface area contributed by atoms with Crippen LogP contribution in [0.5, 0.6) is 5.75 Å². The van der Waals surface area contributed by atoms with Gasteiger partial charge in [0, 0.05) is 0 Å². The molecule has 0 radical (unpaired) electrons. The van der Waals surface area contributed by atoms with Crippen molar-refractivity contribution in [3.05, 3.63) is 28.8 Å². The predicted octanol–water partition coefficient (Wildman–Crippen LogP) is 3.83. The summed E-state index contributed by atoms with van der Waals surface area (Å²) < 4.78 is 5.54. The smallest absolute Gasteiger partial charge is 0.122 e. The maximum Gasteiger partial charge on any atom is 0.122 e. The molecule has 0 saturated carbocycles. The van der Waals surface area contributed by atoms with Gasteiger partial charge in [-0.25, -0.2) is 0 Å². The summed E-state index contributed by atoms with van der Waals surface area (Å²) >= 11 is 0. The van der Waals surface area contributed by atoms with Gasteiger partial charge in [0.15, 0.2) is 0 Å². The van der Waals surface area contributed by atoms with Crippen LogP contribution in [0.2, 0.25) is 0 Å². The number of rotatable bonds is 4. The molecule has 2 N–H and O–H groups in total. The summed E-state index contributed by atoms with van der Waals surface area (Å²) in [7, 11) is 1.74. The molecule has 0 unspecified atom stereocenters. The largest absolute Gasteiger partial charge is 0.496 e. The third kappa shape index (κ3) is 3.97. The van der Waals surface area contributed by atoms with Crippen molar-refractivity contribution in [1.82, 2.24) is 0 Å². The molecule has 0 bridgehead atoms. The molecule has 2 heteroatoms. The molecule has 2 nitrogen and oxygen atoms in total. The highest BCUT2D eigenvalue weighted by Crippen LogP contribution is 2.35. The van der Waals surface area contributed by atoms with Crippen molar-refractivity contribution in [1.29, 1.82) is 0 Å². The Morgan fingerprint density at radius 3 is 2.11 bits per heavy atom. The summed E-state index contributed by atoms with van der Waals surface area (Å²) in [6, 6.07) is 4.45. The molecule has 19 heavy (non-hydrogen) atoms. The lowest BCUT2D eigenvalue weighted by Crippen LogP contribution is -2.26. The van der Waals surface area contributed by atoms with E-state index in [2.05, 4.69) is 53.7 Å². The second kappa shape index (κ2) is 5.54. The van der Waals surface area contributed by atoms with Crippen molar-refractivity contribution >= 4 is 0 Å². The second-order valence-electron chi connectivity index (χ2n) is 7.27. The Labute approximate surface area is 118 Å². The molecule has 0 heterocycles. The van der Waals surface area contributed by atoms with E-state index in [4.69, 9.17) is 10.5 Å². The number of hydrogen-bond acceptors (Lipinski definition) is 2. The normalized spacial score (nSPS) is 12.6. The van der Waals surface area contributed by atoms with Gasteiger partial charge in [0.25, 0.3) is 0 Å². The summed E-state index contributed by atoms with van der Waals surface area (Å²) in [5, 5.41) is 0. The first-order chi connectivity index (χ1) is 8.60. The topological polar surface area (TPSA) is 35.2 Å². The van der Waals surface area contributed by atoms with Gasteiger partial charge in [0.1, 0.15) is 5.75 Å². The van der Waals surface area contributed by atoms with E-state index in [1.165, 1.54) is 16.7 Å². The fraction of sp³-hybridized carbons (Fsp3) is 0.647. The summed E-state index contributed by atoms with van der Waals surface area (Å²) in [4.78, 5) is 0. The molecule has 0 aliphatic carbocycles. The lowest BCUT2D eigenvalue weighted by Gasteiger charge is -2.27. The van der Waals surface area contributed by atoms with Gasteiger partial charge in [-0.2, -0.15) is 0 Å². The van der Waals surface area contributed by atoms with Crippen LogP contribution in [0.25, 0.3) is 0 Å². The van der Waals surface area contributed by atoms with E-state index in [9.17, 15) is 0 Å². The molecule has 0 aliphatic rings. The minimum absolute atomic E-state index is 0.0840. The van der Waals surface area contributed by atoms with Crippen LogP contribution >= 0.6 is 0 Å². The fourth-order valence-corrected chi connectivity index (χ4v) is 2.26. The molecule has 0 fully saturated rings. The highest BCUT2D eigenvalue weighted by molar-refractivity contribution is 5.46. The molecule has 0 amide bonds. The standard InChI is InChI=1S/C17H29NO/c1-12-8-15(19-7)14(16(2,3)4)9-13(12)10-17(5,6)11-18/h8-9H,10-11,18H2,1-7H3. The number of nitrogens with two attached hydrogens (primary N) is 1. The van der Waals surface area contributed by atoms with Crippen molar-refractivity contribution < 1.29 is 4.74 Å². The average Bonchev–Trinajstić information content (AvgIpc) is 2.29. The average molecular weight is 263 g/mol. The highest BCUT2D eigenvalue weighted by Gasteiger charge is 2.23. The lowest BCUT2D eigenvalue weighted by molar-refractivity contribution is 0.373. The summed E-state index contributed by atoms with van der Waals surface area (Å²) in [5.41, 5.74) is 10.0. The van der Waals surface area contributed by atoms with E-state index in [0.717, 1.165) is 12.2 Å². The van der Waals surface area contributed by atoms with E-state index in [-0.39, 0.29) is 10.8 Å². The quantitative estimate of drug-likeness (QED) is 0.896. The molecular weight excluding hydrogens is 234 g/mol. The van der Waals surface area contributed by atoms with Crippen LogP contribution in [0.15, 0.2) is 12.1 Å². The Kier molecular flexibility index (Phi) is 4.67. The first-order valence-corrected chi connectivity index (χ1v) is 6.99. The number of ether oxygens (including phenoxy) is 1. The van der Waals surface area contributed by atoms with Crippen molar-refractivity contribution in [3.63, 3.8) is 0 Å². The number of methoxy groups -OCH3 is 1. The molecule has 0 spiro atoms. The van der Waals surface area contributed by atoms with E-state index < -0.39 is 0 Å². The second-order valence-corrected chi connectivity index (χ2v) is 7.27. The SMILES string of the molecule is COc1cc(C)c(CC(C)(C)CN)cc1C(C)(C)C. The Hall–Kier alpha value is -1.02. The van der Waals surface area contributed by atoms with E-state index >= 15 is 0 Å². The van der Waals surface area contributed by atoms with Crippen molar-refractivity contribution in [2.24, 2.45) is 11.1 Å². The van der Waals surface area contributed by atoms with E-state index in [0.29, 0.717) is 6.54 Å². The van der Waals surface area contributed by atoms with Crippen LogP contribution < -0.4 is 10.5 Å². The number of hydrogen-bond donors (Lipinski definition) is 1. The van der Waals surface area contributed by atoms with Crippen molar-refractivity contribution in [2.75, 3.05) is 13.7 Å². The van der Waals surface area contributed by atoms with Crippen LogP contribution in [0.1, 0.15) is 51.3 Å². The van der Waals surface area contributed by atoms with Gasteiger partial charge in [-0.1, -0.05) is 40.7 Å². The molecule has 0 saturated heterocycles. The van der Waals surface area contributed by atoms with E-state index in [1.54, 1.807) is 7.11 Å². The first kappa shape index (κ1) is 16.0. The van der Waals surface area contributed by atoms with Crippen LogP contribution in [0.3, 0.4) is 0 Å². The Morgan fingerprint density at radius 2 is 1.68 bits per heavy atom. The monoisotopic (exact) mass is 263 g/mol. The minimum atomic E-state index is 0.0840. The van der Waals surface area contributed by atoms with Gasteiger partial charge < -0.3 is 10.5 Å². The third-order valence-electron chi connectivity index (χ3n) is 3.69. The van der Waals surface area contributed by atoms with Gasteiger partial charge in [0.05, 0.1) is 7.11 Å². The van der Waals surface area contributed by atoms with Crippen molar-refractivity contribution in [2.45, 2.75) is 53.4 Å². The molecule has 1 aromatic rings. The maximum atomic E-state index is 5.86. The van der Waals surface area contributed by atoms with E-state index in [1.807, 2.05) is 0 Å². The zero-order valence-electron chi connectivity index (χ0n) is 13.6. The minimum Gasteiger partial charge on any atom is -0.496 e. The fourth-order valence-electron chi connectivity index (χ4n) is 2.26. The van der Waals surface area contributed by atoms with Crippen LogP contribution in [0.4, 0.5) is 0 Å². The van der Waals surface area contributed by atoms with Gasteiger partial charge in [-0.15, -0.1) is 0 Å². The zero-order chi connectivity index (χ0) is 14.8.